The fourth-order valence-electron chi connectivity index (χ4n) is 3.28. The van der Waals surface area contributed by atoms with Crippen molar-refractivity contribution < 1.29 is 18.7 Å². The van der Waals surface area contributed by atoms with E-state index in [0.29, 0.717) is 37.9 Å². The maximum absolute atomic E-state index is 13.2. The van der Waals surface area contributed by atoms with Gasteiger partial charge in [0.25, 0.3) is 0 Å². The third-order valence-corrected chi connectivity index (χ3v) is 5.37. The molecule has 3 rings (SSSR count). The lowest BCUT2D eigenvalue weighted by Crippen LogP contribution is -2.56. The quantitative estimate of drug-likeness (QED) is 0.493. The zero-order chi connectivity index (χ0) is 22.6. The largest absolute Gasteiger partial charge is 0.463 e. The molecule has 0 saturated carbocycles. The van der Waals surface area contributed by atoms with Crippen molar-refractivity contribution in [3.05, 3.63) is 59.4 Å². The lowest BCUT2D eigenvalue weighted by molar-refractivity contribution is -0.172. The van der Waals surface area contributed by atoms with E-state index in [9.17, 15) is 9.18 Å². The molecule has 7 nitrogen and oxygen atoms in total. The van der Waals surface area contributed by atoms with Crippen molar-refractivity contribution in [2.45, 2.75) is 39.8 Å². The van der Waals surface area contributed by atoms with E-state index in [-0.39, 0.29) is 23.4 Å². The Kier molecular flexibility index (Phi) is 7.02. The number of carbonyl (C=O) groups is 1. The van der Waals surface area contributed by atoms with Gasteiger partial charge in [-0.1, -0.05) is 13.8 Å². The number of nitrogens with one attached hydrogen (secondary N) is 2. The van der Waals surface area contributed by atoms with Gasteiger partial charge in [0.05, 0.1) is 24.2 Å². The monoisotopic (exact) mass is 428 g/mol. The van der Waals surface area contributed by atoms with E-state index >= 15 is 0 Å². The number of allylic oxidation sites excluding steroid dienone is 2. The molecule has 0 bridgehead atoms. The highest BCUT2D eigenvalue weighted by molar-refractivity contribution is 6.10. The van der Waals surface area contributed by atoms with Crippen LogP contribution in [0.4, 0.5) is 4.39 Å². The summed E-state index contributed by atoms with van der Waals surface area (Å²) < 4.78 is 24.1. The van der Waals surface area contributed by atoms with Crippen molar-refractivity contribution in [1.82, 2.24) is 14.9 Å². The summed E-state index contributed by atoms with van der Waals surface area (Å²) in [6.07, 6.45) is 3.46. The number of cyclic esters (lactones) is 1. The van der Waals surface area contributed by atoms with Crippen molar-refractivity contribution in [3.63, 3.8) is 0 Å². The number of esters is 1. The first-order valence-corrected chi connectivity index (χ1v) is 10.3. The van der Waals surface area contributed by atoms with Crippen LogP contribution in [0.1, 0.15) is 44.8 Å². The van der Waals surface area contributed by atoms with Gasteiger partial charge in [-0.2, -0.15) is 0 Å². The van der Waals surface area contributed by atoms with Crippen molar-refractivity contribution in [3.8, 4) is 0 Å². The minimum atomic E-state index is -0.717. The van der Waals surface area contributed by atoms with Gasteiger partial charge in [0.15, 0.2) is 0 Å². The van der Waals surface area contributed by atoms with Crippen LogP contribution in [0.3, 0.4) is 0 Å². The number of aromatic amines is 1. The summed E-state index contributed by atoms with van der Waals surface area (Å²) >= 11 is 0. The lowest BCUT2D eigenvalue weighted by atomic mass is 9.98. The molecule has 2 aromatic rings. The Labute approximate surface area is 181 Å². The van der Waals surface area contributed by atoms with Gasteiger partial charge in [-0.15, -0.1) is 0 Å². The second-order valence-corrected chi connectivity index (χ2v) is 8.37. The van der Waals surface area contributed by atoms with Crippen LogP contribution in [-0.4, -0.2) is 52.0 Å². The number of imidazole rings is 1. The highest BCUT2D eigenvalue weighted by Crippen LogP contribution is 2.23. The maximum Gasteiger partial charge on any atom is 0.326 e. The maximum atomic E-state index is 13.2. The van der Waals surface area contributed by atoms with E-state index in [1.807, 2.05) is 32.6 Å². The zero-order valence-corrected chi connectivity index (χ0v) is 18.4. The van der Waals surface area contributed by atoms with E-state index in [0.717, 1.165) is 11.3 Å². The summed E-state index contributed by atoms with van der Waals surface area (Å²) in [5.74, 6) is 0.217. The molecule has 8 heteroatoms. The van der Waals surface area contributed by atoms with Crippen LogP contribution in [0, 0.1) is 17.1 Å². The molecule has 0 unspecified atom stereocenters. The summed E-state index contributed by atoms with van der Waals surface area (Å²) in [5.41, 5.74) is 1.88. The second-order valence-electron chi connectivity index (χ2n) is 8.37. The highest BCUT2D eigenvalue weighted by Gasteiger charge is 2.39. The normalized spacial score (nSPS) is 17.1. The van der Waals surface area contributed by atoms with Crippen molar-refractivity contribution in [1.29, 1.82) is 5.41 Å². The van der Waals surface area contributed by atoms with Crippen LogP contribution in [0.2, 0.25) is 0 Å². The number of ether oxygens (including phenoxy) is 2. The van der Waals surface area contributed by atoms with Crippen LogP contribution >= 0.6 is 0 Å². The minimum Gasteiger partial charge on any atom is -0.463 e. The van der Waals surface area contributed by atoms with Crippen LogP contribution in [0.15, 0.2) is 36.5 Å². The molecule has 0 amide bonds. The predicted molar refractivity (Wildman–Crippen MR) is 116 cm³/mol. The highest BCUT2D eigenvalue weighted by atomic mass is 19.1. The van der Waals surface area contributed by atoms with Gasteiger partial charge in [0.2, 0.25) is 0 Å². The third-order valence-electron chi connectivity index (χ3n) is 5.37. The summed E-state index contributed by atoms with van der Waals surface area (Å²) in [7, 11) is 0. The molecule has 1 fully saturated rings. The Morgan fingerprint density at radius 1 is 1.39 bits per heavy atom. The first-order chi connectivity index (χ1) is 14.7. The average Bonchev–Trinajstić information content (AvgIpc) is 3.18. The number of morpholine rings is 1. The smallest absolute Gasteiger partial charge is 0.326 e. The molecule has 0 radical (unpaired) electrons. The molecular weight excluding hydrogens is 399 g/mol. The van der Waals surface area contributed by atoms with E-state index < -0.39 is 5.54 Å². The Bertz CT molecular complexity index is 963. The Hall–Kier alpha value is -2.84. The topological polar surface area (TPSA) is 91.3 Å². The lowest BCUT2D eigenvalue weighted by Gasteiger charge is -2.39. The summed E-state index contributed by atoms with van der Waals surface area (Å²) in [6.45, 7) is 9.30. The zero-order valence-electron chi connectivity index (χ0n) is 18.4. The second kappa shape index (κ2) is 9.53. The SMILES string of the molecule is CC(C)/C(=C/C(=N)c1ccc(F)cc1)c1ncc(COCN2CCOC(=O)C2(C)C)[nH]1. The fraction of sp³-hybridized carbons (Fsp3) is 0.435. The van der Waals surface area contributed by atoms with Crippen molar-refractivity contribution >= 4 is 17.3 Å². The van der Waals surface area contributed by atoms with Gasteiger partial charge in [-0.3, -0.25) is 9.69 Å². The van der Waals surface area contributed by atoms with Crippen molar-refractivity contribution in [2.75, 3.05) is 19.9 Å². The first kappa shape index (κ1) is 22.8. The van der Waals surface area contributed by atoms with Crippen LogP contribution in [-0.2, 0) is 20.9 Å². The molecule has 0 spiro atoms. The molecule has 166 valence electrons. The summed E-state index contributed by atoms with van der Waals surface area (Å²) in [6, 6.07) is 5.87. The van der Waals surface area contributed by atoms with Crippen LogP contribution < -0.4 is 0 Å². The van der Waals surface area contributed by atoms with E-state index in [1.165, 1.54) is 12.1 Å². The number of hydrogen-bond donors (Lipinski definition) is 2. The number of hydrogen-bond acceptors (Lipinski definition) is 6. The molecule has 0 aliphatic carbocycles. The Morgan fingerprint density at radius 2 is 2.10 bits per heavy atom. The number of halogens is 1. The van der Waals surface area contributed by atoms with Gasteiger partial charge in [-0.25, -0.2) is 9.37 Å². The summed E-state index contributed by atoms with van der Waals surface area (Å²) in [4.78, 5) is 21.6. The van der Waals surface area contributed by atoms with Gasteiger partial charge >= 0.3 is 5.97 Å². The number of aromatic nitrogens is 2. The average molecular weight is 429 g/mol. The number of rotatable bonds is 8. The third kappa shape index (κ3) is 5.45. The predicted octanol–water partition coefficient (Wildman–Crippen LogP) is 3.77. The fourth-order valence-corrected chi connectivity index (χ4v) is 3.28. The molecule has 2 N–H and O–H groups in total. The minimum absolute atomic E-state index is 0.126. The molecular formula is C23H29FN4O3. The molecule has 31 heavy (non-hydrogen) atoms. The van der Waals surface area contributed by atoms with Crippen LogP contribution in [0.5, 0.6) is 0 Å². The van der Waals surface area contributed by atoms with Gasteiger partial charge < -0.3 is 19.9 Å². The molecule has 1 aromatic heterocycles. The molecule has 1 aliphatic heterocycles. The molecule has 1 saturated heterocycles. The first-order valence-electron chi connectivity index (χ1n) is 10.3. The van der Waals surface area contributed by atoms with Gasteiger partial charge in [0, 0.05) is 6.54 Å². The number of nitrogens with zero attached hydrogens (tertiary/aromatic N) is 2. The number of benzene rings is 1. The molecule has 0 atom stereocenters. The van der Waals surface area contributed by atoms with Gasteiger partial charge in [0.1, 0.15) is 30.5 Å². The van der Waals surface area contributed by atoms with Crippen LogP contribution in [0.25, 0.3) is 5.57 Å². The van der Waals surface area contributed by atoms with E-state index in [2.05, 4.69) is 9.97 Å². The van der Waals surface area contributed by atoms with E-state index in [1.54, 1.807) is 24.4 Å². The number of carbonyl (C=O) groups excluding carboxylic acids is 1. The van der Waals surface area contributed by atoms with Crippen molar-refractivity contribution in [2.24, 2.45) is 5.92 Å². The van der Waals surface area contributed by atoms with Gasteiger partial charge in [-0.05, 0) is 61.2 Å². The summed E-state index contributed by atoms with van der Waals surface area (Å²) in [5, 5.41) is 8.35. The molecule has 1 aliphatic rings. The molecule has 2 heterocycles. The molecule has 1 aromatic carbocycles. The standard InChI is InChI=1S/C23H29FN4O3/c1-15(2)19(11-20(25)16-5-7-17(24)8-6-16)21-26-12-18(27-21)13-30-14-28-9-10-31-22(29)23(28,3)4/h5-8,11-12,15,25H,9-10,13-14H2,1-4H3,(H,26,27)/b19-11-,25-20?. The Morgan fingerprint density at radius 3 is 2.77 bits per heavy atom. The number of H-pyrrole nitrogens is 1. The van der Waals surface area contributed by atoms with E-state index in [4.69, 9.17) is 14.9 Å². The Balaban J connectivity index is 1.65.